The zero-order valence-electron chi connectivity index (χ0n) is 15.4. The Labute approximate surface area is 148 Å². The molecule has 0 spiro atoms. The van der Waals surface area contributed by atoms with E-state index in [9.17, 15) is 4.79 Å². The Hall–Kier alpha value is -2.44. The molecule has 1 fully saturated rings. The minimum atomic E-state index is -0.144. The summed E-state index contributed by atoms with van der Waals surface area (Å²) in [6.07, 6.45) is 7.12. The first-order chi connectivity index (χ1) is 11.9. The van der Waals surface area contributed by atoms with Crippen LogP contribution >= 0.6 is 0 Å². The summed E-state index contributed by atoms with van der Waals surface area (Å²) in [5.74, 6) is 0.659. The zero-order chi connectivity index (χ0) is 18.0. The van der Waals surface area contributed by atoms with Crippen LogP contribution in [0.1, 0.15) is 49.7 Å². The van der Waals surface area contributed by atoms with Crippen LogP contribution in [0.15, 0.2) is 24.7 Å². The number of amides is 1. The van der Waals surface area contributed by atoms with Crippen LogP contribution in [0, 0.1) is 6.92 Å². The molecule has 0 aromatic carbocycles. The Balaban J connectivity index is 1.68. The maximum absolute atomic E-state index is 12.7. The molecule has 25 heavy (non-hydrogen) atoms. The van der Waals surface area contributed by atoms with Crippen molar-refractivity contribution in [3.8, 4) is 0 Å². The highest BCUT2D eigenvalue weighted by Crippen LogP contribution is 2.19. The molecule has 2 aromatic heterocycles. The maximum atomic E-state index is 12.7. The molecular weight excluding hydrogens is 316 g/mol. The topological polar surface area (TPSA) is 75.9 Å². The lowest BCUT2D eigenvalue weighted by molar-refractivity contribution is 0.0932. The van der Waals surface area contributed by atoms with Gasteiger partial charge in [0.05, 0.1) is 17.3 Å². The van der Waals surface area contributed by atoms with Crippen molar-refractivity contribution in [3.05, 3.63) is 35.9 Å². The Morgan fingerprint density at radius 1 is 1.28 bits per heavy atom. The second-order valence-corrected chi connectivity index (χ2v) is 7.53. The van der Waals surface area contributed by atoms with E-state index < -0.39 is 0 Å². The van der Waals surface area contributed by atoms with E-state index in [0.717, 1.165) is 37.6 Å². The molecule has 134 valence electrons. The van der Waals surface area contributed by atoms with E-state index >= 15 is 0 Å². The molecule has 3 rings (SSSR count). The summed E-state index contributed by atoms with van der Waals surface area (Å²) in [4.78, 5) is 23.4. The molecule has 3 heterocycles. The van der Waals surface area contributed by atoms with E-state index in [2.05, 4.69) is 46.1 Å². The van der Waals surface area contributed by atoms with Gasteiger partial charge in [0.2, 0.25) is 5.95 Å². The molecule has 7 heteroatoms. The van der Waals surface area contributed by atoms with Gasteiger partial charge in [-0.1, -0.05) is 0 Å². The van der Waals surface area contributed by atoms with Gasteiger partial charge in [0.25, 0.3) is 5.91 Å². The number of aromatic nitrogens is 4. The van der Waals surface area contributed by atoms with Gasteiger partial charge in [-0.05, 0) is 46.6 Å². The van der Waals surface area contributed by atoms with Crippen molar-refractivity contribution in [2.24, 2.45) is 0 Å². The van der Waals surface area contributed by atoms with Crippen LogP contribution in [0.2, 0.25) is 0 Å². The fourth-order valence-electron chi connectivity index (χ4n) is 3.30. The average molecular weight is 342 g/mol. The third-order valence-electron chi connectivity index (χ3n) is 4.48. The summed E-state index contributed by atoms with van der Waals surface area (Å²) in [6.45, 7) is 9.81. The highest BCUT2D eigenvalue weighted by molar-refractivity contribution is 5.95. The minimum Gasteiger partial charge on any atom is -0.347 e. The fraction of sp³-hybridized carbons (Fsp3) is 0.556. The third-order valence-corrected chi connectivity index (χ3v) is 4.48. The first kappa shape index (κ1) is 17.4. The first-order valence-corrected chi connectivity index (χ1v) is 8.74. The van der Waals surface area contributed by atoms with Crippen molar-refractivity contribution in [2.45, 2.75) is 52.1 Å². The quantitative estimate of drug-likeness (QED) is 0.925. The average Bonchev–Trinajstić information content (AvgIpc) is 2.98. The van der Waals surface area contributed by atoms with Gasteiger partial charge < -0.3 is 10.2 Å². The molecule has 0 bridgehead atoms. The summed E-state index contributed by atoms with van der Waals surface area (Å²) >= 11 is 0. The molecule has 0 unspecified atom stereocenters. The number of piperidine rings is 1. The molecule has 1 atom stereocenters. The van der Waals surface area contributed by atoms with E-state index in [1.807, 2.05) is 17.7 Å². The summed E-state index contributed by atoms with van der Waals surface area (Å²) < 4.78 is 1.90. The first-order valence-electron chi connectivity index (χ1n) is 8.74. The fourth-order valence-corrected chi connectivity index (χ4v) is 3.30. The maximum Gasteiger partial charge on any atom is 0.255 e. The molecule has 1 N–H and O–H groups in total. The number of rotatable bonds is 3. The molecule has 1 amide bonds. The highest BCUT2D eigenvalue weighted by Gasteiger charge is 2.26. The van der Waals surface area contributed by atoms with Gasteiger partial charge in [-0.25, -0.2) is 9.97 Å². The predicted octanol–water partition coefficient (Wildman–Crippen LogP) is 2.14. The van der Waals surface area contributed by atoms with Gasteiger partial charge >= 0.3 is 0 Å². The lowest BCUT2D eigenvalue weighted by atomic mass is 10.1. The normalized spacial score (nSPS) is 18.2. The van der Waals surface area contributed by atoms with Crippen molar-refractivity contribution in [1.82, 2.24) is 25.1 Å². The molecule has 0 radical (unpaired) electrons. The molecule has 1 saturated heterocycles. The number of carbonyl (C=O) groups is 1. The summed E-state index contributed by atoms with van der Waals surface area (Å²) in [7, 11) is 0. The number of carbonyl (C=O) groups excluding carboxylic acids is 1. The molecule has 2 aromatic rings. The number of anilines is 1. The van der Waals surface area contributed by atoms with Gasteiger partial charge in [-0.2, -0.15) is 5.10 Å². The lowest BCUT2D eigenvalue weighted by Crippen LogP contribution is -2.48. The Kier molecular flexibility index (Phi) is 4.74. The largest absolute Gasteiger partial charge is 0.347 e. The van der Waals surface area contributed by atoms with Crippen LogP contribution in [0.4, 0.5) is 5.95 Å². The van der Waals surface area contributed by atoms with Crippen molar-refractivity contribution < 1.29 is 4.79 Å². The van der Waals surface area contributed by atoms with Crippen LogP contribution < -0.4 is 10.2 Å². The van der Waals surface area contributed by atoms with Crippen LogP contribution in [0.3, 0.4) is 0 Å². The molecule has 1 aliphatic rings. The number of nitrogens with one attached hydrogen (secondary N) is 1. The SMILES string of the molecule is Cc1c(C(=O)N[C@H]2CCCN(c3ncccn3)C2)cnn1C(C)(C)C. The summed E-state index contributed by atoms with van der Waals surface area (Å²) in [5, 5.41) is 7.54. The lowest BCUT2D eigenvalue weighted by Gasteiger charge is -2.33. The number of hydrogen-bond acceptors (Lipinski definition) is 5. The molecule has 0 aliphatic carbocycles. The summed E-state index contributed by atoms with van der Waals surface area (Å²) in [6, 6.07) is 1.89. The van der Waals surface area contributed by atoms with E-state index in [4.69, 9.17) is 0 Å². The minimum absolute atomic E-state index is 0.0613. The van der Waals surface area contributed by atoms with Crippen molar-refractivity contribution >= 4 is 11.9 Å². The van der Waals surface area contributed by atoms with Crippen LogP contribution in [-0.4, -0.2) is 44.8 Å². The predicted molar refractivity (Wildman–Crippen MR) is 96.7 cm³/mol. The van der Waals surface area contributed by atoms with Crippen LogP contribution in [0.5, 0.6) is 0 Å². The van der Waals surface area contributed by atoms with Crippen molar-refractivity contribution in [2.75, 3.05) is 18.0 Å². The molecule has 7 nitrogen and oxygen atoms in total. The molecule has 1 aliphatic heterocycles. The van der Waals surface area contributed by atoms with E-state index in [1.54, 1.807) is 18.6 Å². The monoisotopic (exact) mass is 342 g/mol. The van der Waals surface area contributed by atoms with Gasteiger partial charge in [-0.15, -0.1) is 0 Å². The Morgan fingerprint density at radius 3 is 2.64 bits per heavy atom. The number of hydrogen-bond donors (Lipinski definition) is 1. The zero-order valence-corrected chi connectivity index (χ0v) is 15.4. The van der Waals surface area contributed by atoms with Gasteiger partial charge in [0, 0.05) is 37.2 Å². The Bertz CT molecular complexity index is 734. The summed E-state index contributed by atoms with van der Waals surface area (Å²) in [5.41, 5.74) is 1.39. The van der Waals surface area contributed by atoms with Gasteiger partial charge in [0.15, 0.2) is 0 Å². The third kappa shape index (κ3) is 3.81. The number of nitrogens with zero attached hydrogens (tertiary/aromatic N) is 5. The van der Waals surface area contributed by atoms with Gasteiger partial charge in [0.1, 0.15) is 0 Å². The van der Waals surface area contributed by atoms with E-state index in [1.165, 1.54) is 0 Å². The highest BCUT2D eigenvalue weighted by atomic mass is 16.1. The molecule has 0 saturated carbocycles. The van der Waals surface area contributed by atoms with E-state index in [-0.39, 0.29) is 17.5 Å². The van der Waals surface area contributed by atoms with Crippen LogP contribution in [-0.2, 0) is 5.54 Å². The van der Waals surface area contributed by atoms with Gasteiger partial charge in [-0.3, -0.25) is 9.48 Å². The van der Waals surface area contributed by atoms with Crippen molar-refractivity contribution in [1.29, 1.82) is 0 Å². The second-order valence-electron chi connectivity index (χ2n) is 7.53. The smallest absolute Gasteiger partial charge is 0.255 e. The molecular formula is C18H26N6O. The van der Waals surface area contributed by atoms with Crippen molar-refractivity contribution in [3.63, 3.8) is 0 Å². The van der Waals surface area contributed by atoms with E-state index in [0.29, 0.717) is 5.56 Å². The van der Waals surface area contributed by atoms with Crippen LogP contribution in [0.25, 0.3) is 0 Å². The second kappa shape index (κ2) is 6.82. The standard InChI is InChI=1S/C18H26N6O/c1-13-15(11-21-24(13)18(2,3)4)16(25)22-14-7-5-10-23(12-14)17-19-8-6-9-20-17/h6,8-9,11,14H,5,7,10,12H2,1-4H3,(H,22,25)/t14-/m0/s1. The Morgan fingerprint density at radius 2 is 2.00 bits per heavy atom.